The van der Waals surface area contributed by atoms with Crippen molar-refractivity contribution in [3.05, 3.63) is 48.6 Å². The summed E-state index contributed by atoms with van der Waals surface area (Å²) in [6, 6.07) is 0. The Balaban J connectivity index is 0.000000581. The summed E-state index contributed by atoms with van der Waals surface area (Å²) in [5.41, 5.74) is 0. The number of hydrogen-bond donors (Lipinski definition) is 1. The molecule has 0 aliphatic carbocycles. The first-order valence-electron chi connectivity index (χ1n) is 24.5. The number of unbranched alkanes of at least 4 members (excludes halogenated alkanes) is 17. The zero-order chi connectivity index (χ0) is 41.8. The van der Waals surface area contributed by atoms with Crippen LogP contribution in [0.1, 0.15) is 219 Å². The van der Waals surface area contributed by atoms with Crippen molar-refractivity contribution in [2.45, 2.75) is 244 Å². The van der Waals surface area contributed by atoms with Crippen molar-refractivity contribution in [3.63, 3.8) is 0 Å². The Morgan fingerprint density at radius 1 is 0.552 bits per heavy atom. The summed E-state index contributed by atoms with van der Waals surface area (Å²) in [7, 11) is 1.45. The van der Waals surface area contributed by atoms with E-state index in [1.807, 2.05) is 0 Å². The number of ether oxygens (including phenoxy) is 5. The summed E-state index contributed by atoms with van der Waals surface area (Å²) in [5, 5.41) is 8.73. The molecule has 2 unspecified atom stereocenters. The molecule has 58 heavy (non-hydrogen) atoms. The van der Waals surface area contributed by atoms with E-state index < -0.39 is 0 Å². The molecule has 2 heterocycles. The maximum atomic E-state index is 11.0. The number of carbonyl (C=O) groups excluding carboxylic acids is 1. The first-order chi connectivity index (χ1) is 28.6. The van der Waals surface area contributed by atoms with Crippen LogP contribution in [0.5, 0.6) is 0 Å². The van der Waals surface area contributed by atoms with Gasteiger partial charge in [-0.2, -0.15) is 0 Å². The van der Waals surface area contributed by atoms with E-state index in [2.05, 4.69) is 67.2 Å². The molecule has 0 amide bonds. The molecule has 7 nitrogen and oxygen atoms in total. The van der Waals surface area contributed by atoms with Crippen LogP contribution < -0.4 is 0 Å². The van der Waals surface area contributed by atoms with E-state index in [0.717, 1.165) is 83.8 Å². The second-order valence-corrected chi connectivity index (χ2v) is 16.4. The molecule has 2 saturated heterocycles. The van der Waals surface area contributed by atoms with Crippen LogP contribution in [0.2, 0.25) is 0 Å². The zero-order valence-corrected chi connectivity index (χ0v) is 38.1. The Hall–Kier alpha value is -1.77. The molecular formula is C51H92O7. The molecule has 0 bridgehead atoms. The fourth-order valence-electron chi connectivity index (χ4n) is 7.17. The van der Waals surface area contributed by atoms with Gasteiger partial charge in [0.2, 0.25) is 0 Å². The number of allylic oxidation sites excluding steroid dienone is 6. The van der Waals surface area contributed by atoms with Gasteiger partial charge in [0.25, 0.3) is 0 Å². The Labute approximate surface area is 358 Å². The second-order valence-electron chi connectivity index (χ2n) is 16.4. The van der Waals surface area contributed by atoms with E-state index >= 15 is 0 Å². The quantitative estimate of drug-likeness (QED) is 0.0383. The zero-order valence-electron chi connectivity index (χ0n) is 38.1. The second kappa shape index (κ2) is 43.3. The van der Waals surface area contributed by atoms with Crippen LogP contribution in [0.3, 0.4) is 0 Å². The number of methoxy groups -OCH3 is 1. The third-order valence-electron chi connectivity index (χ3n) is 10.9. The van der Waals surface area contributed by atoms with Gasteiger partial charge in [-0.3, -0.25) is 4.79 Å². The van der Waals surface area contributed by atoms with Crippen LogP contribution >= 0.6 is 0 Å². The van der Waals surface area contributed by atoms with E-state index in [1.165, 1.54) is 136 Å². The molecule has 7 heteroatoms. The Morgan fingerprint density at radius 2 is 0.948 bits per heavy atom. The van der Waals surface area contributed by atoms with Gasteiger partial charge in [-0.1, -0.05) is 127 Å². The molecule has 0 aromatic heterocycles. The molecule has 0 aromatic carbocycles. The fourth-order valence-corrected chi connectivity index (χ4v) is 7.17. The van der Waals surface area contributed by atoms with Crippen LogP contribution in [0.25, 0.3) is 0 Å². The molecule has 0 radical (unpaired) electrons. The lowest BCUT2D eigenvalue weighted by Gasteiger charge is -2.26. The van der Waals surface area contributed by atoms with Crippen molar-refractivity contribution in [1.29, 1.82) is 0 Å². The Bertz CT molecular complexity index is 979. The van der Waals surface area contributed by atoms with Crippen LogP contribution in [0.4, 0.5) is 0 Å². The predicted octanol–water partition coefficient (Wildman–Crippen LogP) is 14.4. The summed E-state index contributed by atoms with van der Waals surface area (Å²) in [4.78, 5) is 11.0. The number of esters is 1. The highest BCUT2D eigenvalue weighted by molar-refractivity contribution is 5.69. The first-order valence-corrected chi connectivity index (χ1v) is 24.5. The number of hydrogen-bond acceptors (Lipinski definition) is 7. The van der Waals surface area contributed by atoms with Gasteiger partial charge in [0.05, 0.1) is 19.3 Å². The summed E-state index contributed by atoms with van der Waals surface area (Å²) in [6.07, 6.45) is 55.9. The van der Waals surface area contributed by atoms with Crippen molar-refractivity contribution in [1.82, 2.24) is 0 Å². The predicted molar refractivity (Wildman–Crippen MR) is 244 cm³/mol. The third kappa shape index (κ3) is 36.1. The molecule has 1 N–H and O–H groups in total. The topological polar surface area (TPSA) is 83.5 Å². The first kappa shape index (κ1) is 54.2. The summed E-state index contributed by atoms with van der Waals surface area (Å²) in [5.74, 6) is -0.111. The molecule has 338 valence electrons. The van der Waals surface area contributed by atoms with E-state index in [0.29, 0.717) is 13.0 Å². The normalized spacial score (nSPS) is 18.6. The van der Waals surface area contributed by atoms with Gasteiger partial charge in [-0.25, -0.2) is 0 Å². The Kier molecular flexibility index (Phi) is 40.5. The maximum Gasteiger partial charge on any atom is 0.305 e. The number of aliphatic hydroxyl groups excluding tert-OH is 1. The average molecular weight is 817 g/mol. The van der Waals surface area contributed by atoms with Gasteiger partial charge >= 0.3 is 5.97 Å². The highest BCUT2D eigenvalue weighted by Crippen LogP contribution is 2.20. The van der Waals surface area contributed by atoms with E-state index in [9.17, 15) is 4.79 Å². The molecule has 0 saturated carbocycles. The minimum atomic E-state index is -0.111. The van der Waals surface area contributed by atoms with Crippen LogP contribution in [0, 0.1) is 0 Å². The summed E-state index contributed by atoms with van der Waals surface area (Å²) < 4.78 is 28.5. The van der Waals surface area contributed by atoms with Crippen molar-refractivity contribution >= 4 is 5.97 Å². The van der Waals surface area contributed by atoms with Crippen molar-refractivity contribution < 1.29 is 33.6 Å². The molecule has 4 atom stereocenters. The summed E-state index contributed by atoms with van der Waals surface area (Å²) in [6.45, 7) is 6.50. The largest absolute Gasteiger partial charge is 0.469 e. The molecule has 2 aliphatic rings. The lowest BCUT2D eigenvalue weighted by Crippen LogP contribution is -2.27. The van der Waals surface area contributed by atoms with Gasteiger partial charge in [-0.05, 0) is 135 Å². The van der Waals surface area contributed by atoms with Crippen molar-refractivity contribution in [3.8, 4) is 0 Å². The lowest BCUT2D eigenvalue weighted by molar-refractivity contribution is -0.179. The number of aliphatic hydroxyl groups is 1. The molecule has 2 fully saturated rings. The highest BCUT2D eigenvalue weighted by atomic mass is 16.7. The monoisotopic (exact) mass is 817 g/mol. The van der Waals surface area contributed by atoms with Gasteiger partial charge in [0.1, 0.15) is 0 Å². The van der Waals surface area contributed by atoms with Crippen LogP contribution in [-0.2, 0) is 28.5 Å². The smallest absolute Gasteiger partial charge is 0.305 e. The molecule has 2 rings (SSSR count). The number of rotatable bonds is 36. The van der Waals surface area contributed by atoms with Crippen molar-refractivity contribution in [2.75, 3.05) is 26.9 Å². The standard InChI is InChI=1S/C26H46O4.C25H46O3/c1-3-4-19-24(30-26-22-17-18-23-29-26)20-15-13-11-9-7-5-6-8-10-12-14-16-21-25(27)28-2;1-2-3-19-24(28-25-21-16-18-23-27-25)20-15-13-11-9-7-5-4-6-8-10-12-14-17-22-26/h10,12,15,20,24,26H,3-9,11,13-14,16-19,21-23H2,1-2H3;8,10,15,20,24-26H,2-7,9,11-14,16-19,21-23H2,1H3/b12-10-,20-15-;10-8-,20-15-/t24-,26?;24-,25?/m11/s1. The van der Waals surface area contributed by atoms with Crippen LogP contribution in [0.15, 0.2) is 48.6 Å². The van der Waals surface area contributed by atoms with Gasteiger partial charge < -0.3 is 28.8 Å². The van der Waals surface area contributed by atoms with Crippen LogP contribution in [-0.4, -0.2) is 62.8 Å². The SMILES string of the molecule is CCCC[C@H](/C=C\CCCCCCC/C=C\CCCC(=O)OC)OC1CCCCO1.CCCC[C@H](/C=C\CCCCCCC/C=C\CCCCO)OC1CCCCO1. The summed E-state index contributed by atoms with van der Waals surface area (Å²) >= 11 is 0. The highest BCUT2D eigenvalue weighted by Gasteiger charge is 2.19. The van der Waals surface area contributed by atoms with Gasteiger partial charge in [0, 0.05) is 26.2 Å². The van der Waals surface area contributed by atoms with E-state index in [-0.39, 0.29) is 30.8 Å². The van der Waals surface area contributed by atoms with E-state index in [4.69, 9.17) is 24.1 Å². The Morgan fingerprint density at radius 3 is 1.33 bits per heavy atom. The average Bonchev–Trinajstić information content (AvgIpc) is 3.25. The van der Waals surface area contributed by atoms with Crippen molar-refractivity contribution in [2.24, 2.45) is 0 Å². The van der Waals surface area contributed by atoms with Gasteiger partial charge in [0.15, 0.2) is 12.6 Å². The maximum absolute atomic E-state index is 11.0. The fraction of sp³-hybridized carbons (Fsp3) is 0.824. The molecule has 0 spiro atoms. The van der Waals surface area contributed by atoms with E-state index in [1.54, 1.807) is 0 Å². The number of carbonyl (C=O) groups is 1. The minimum Gasteiger partial charge on any atom is -0.469 e. The van der Waals surface area contributed by atoms with Gasteiger partial charge in [-0.15, -0.1) is 0 Å². The molecule has 0 aromatic rings. The third-order valence-corrected chi connectivity index (χ3v) is 10.9. The lowest BCUT2D eigenvalue weighted by atomic mass is 10.1. The molecule has 2 aliphatic heterocycles. The molecular weight excluding hydrogens is 725 g/mol. The minimum absolute atomic E-state index is 0.00662.